The molecule has 0 aromatic carbocycles. The Morgan fingerprint density at radius 2 is 2.23 bits per heavy atom. The van der Waals surface area contributed by atoms with E-state index in [2.05, 4.69) is 25.3 Å². The van der Waals surface area contributed by atoms with Gasteiger partial charge >= 0.3 is 6.18 Å². The first-order chi connectivity index (χ1) is 11.9. The van der Waals surface area contributed by atoms with E-state index in [-0.39, 0.29) is 30.5 Å². The molecule has 1 aliphatic heterocycles. The number of halogens is 4. The molecule has 3 heterocycles. The van der Waals surface area contributed by atoms with Crippen LogP contribution in [0.25, 0.3) is 0 Å². The van der Waals surface area contributed by atoms with Crippen molar-refractivity contribution in [2.75, 3.05) is 20.1 Å². The van der Waals surface area contributed by atoms with Crippen LogP contribution in [0.15, 0.2) is 22.8 Å². The lowest BCUT2D eigenvalue weighted by molar-refractivity contribution is -0.140. The third-order valence-corrected chi connectivity index (χ3v) is 4.98. The Morgan fingerprint density at radius 1 is 1.46 bits per heavy atom. The van der Waals surface area contributed by atoms with Crippen LogP contribution in [0.4, 0.5) is 13.2 Å². The second kappa shape index (κ2) is 8.55. The lowest BCUT2D eigenvalue weighted by Crippen LogP contribution is -2.39. The summed E-state index contributed by atoms with van der Waals surface area (Å²) in [5.41, 5.74) is 0.345. The maximum Gasteiger partial charge on any atom is 0.434 e. The van der Waals surface area contributed by atoms with Gasteiger partial charge in [-0.15, -0.1) is 35.3 Å². The number of hydrogen-bond donors (Lipinski definition) is 1. The highest BCUT2D eigenvalue weighted by atomic mass is 127. The minimum absolute atomic E-state index is 0. The Hall–Kier alpha value is -1.37. The third kappa shape index (κ3) is 4.87. The van der Waals surface area contributed by atoms with Gasteiger partial charge in [0.2, 0.25) is 0 Å². The molecule has 0 saturated carbocycles. The summed E-state index contributed by atoms with van der Waals surface area (Å²) in [4.78, 5) is 9.97. The predicted molar refractivity (Wildman–Crippen MR) is 105 cm³/mol. The minimum atomic E-state index is -4.40. The predicted octanol–water partition coefficient (Wildman–Crippen LogP) is 3.08. The highest BCUT2D eigenvalue weighted by molar-refractivity contribution is 14.0. The van der Waals surface area contributed by atoms with E-state index in [4.69, 9.17) is 0 Å². The second-order valence-electron chi connectivity index (χ2n) is 5.90. The molecule has 1 atom stereocenters. The fraction of sp³-hybridized carbons (Fsp3) is 0.533. The van der Waals surface area contributed by atoms with E-state index in [1.54, 1.807) is 11.7 Å². The van der Waals surface area contributed by atoms with Gasteiger partial charge in [0.05, 0.1) is 12.7 Å². The maximum atomic E-state index is 12.6. The van der Waals surface area contributed by atoms with Gasteiger partial charge in [-0.05, 0) is 12.0 Å². The summed E-state index contributed by atoms with van der Waals surface area (Å²) in [7, 11) is 3.56. The average Bonchev–Trinajstić information content (AvgIpc) is 3.26. The average molecular weight is 500 g/mol. The lowest BCUT2D eigenvalue weighted by Gasteiger charge is -2.21. The van der Waals surface area contributed by atoms with Gasteiger partial charge < -0.3 is 10.2 Å². The molecule has 1 N–H and O–H groups in total. The van der Waals surface area contributed by atoms with Gasteiger partial charge in [0, 0.05) is 44.7 Å². The number of alkyl halides is 3. The Balaban J connectivity index is 0.00000243. The van der Waals surface area contributed by atoms with Crippen molar-refractivity contribution in [2.45, 2.75) is 25.1 Å². The molecule has 26 heavy (non-hydrogen) atoms. The Labute approximate surface area is 170 Å². The first kappa shape index (κ1) is 20.9. The standard InChI is InChI=1S/C15H19F3N6S.HI/c1-19-14(20-6-13-22-12(9-25-13)15(16,17)18)24-4-3-10(8-24)11-5-21-23(2)7-11;/h5,7,9-10H,3-4,6,8H2,1-2H3,(H,19,20);1H. The van der Waals surface area contributed by atoms with Crippen LogP contribution in [-0.4, -0.2) is 45.8 Å². The molecule has 3 rings (SSSR count). The summed E-state index contributed by atoms with van der Waals surface area (Å²) in [5.74, 6) is 1.05. The molecule has 1 unspecified atom stereocenters. The summed E-state index contributed by atoms with van der Waals surface area (Å²) < 4.78 is 39.6. The largest absolute Gasteiger partial charge is 0.434 e. The molecule has 1 aliphatic rings. The van der Waals surface area contributed by atoms with Gasteiger partial charge in [-0.1, -0.05) is 0 Å². The number of aryl methyl sites for hydroxylation is 1. The van der Waals surface area contributed by atoms with Crippen LogP contribution in [-0.2, 0) is 19.8 Å². The minimum Gasteiger partial charge on any atom is -0.350 e. The Morgan fingerprint density at radius 3 is 2.81 bits per heavy atom. The number of thiazole rings is 1. The van der Waals surface area contributed by atoms with Crippen molar-refractivity contribution in [3.05, 3.63) is 34.0 Å². The monoisotopic (exact) mass is 500 g/mol. The van der Waals surface area contributed by atoms with Crippen LogP contribution in [0.3, 0.4) is 0 Å². The van der Waals surface area contributed by atoms with Crippen molar-refractivity contribution in [1.82, 2.24) is 25.0 Å². The van der Waals surface area contributed by atoms with Crippen molar-refractivity contribution in [2.24, 2.45) is 12.0 Å². The normalized spacial score (nSPS) is 18.1. The summed E-state index contributed by atoms with van der Waals surface area (Å²) in [6.45, 7) is 1.86. The van der Waals surface area contributed by atoms with Gasteiger partial charge in [0.15, 0.2) is 11.7 Å². The second-order valence-corrected chi connectivity index (χ2v) is 6.85. The van der Waals surface area contributed by atoms with E-state index in [9.17, 15) is 13.2 Å². The van der Waals surface area contributed by atoms with E-state index in [0.29, 0.717) is 16.9 Å². The molecule has 11 heteroatoms. The molecule has 144 valence electrons. The molecule has 2 aromatic heterocycles. The number of rotatable bonds is 3. The Bertz CT molecular complexity index is 757. The molecule has 0 amide bonds. The van der Waals surface area contributed by atoms with Gasteiger partial charge in [-0.3, -0.25) is 9.67 Å². The third-order valence-electron chi connectivity index (χ3n) is 4.14. The van der Waals surface area contributed by atoms with Gasteiger partial charge in [0.25, 0.3) is 0 Å². The number of aromatic nitrogens is 3. The molecular formula is C15H20F3IN6S. The summed E-state index contributed by atoms with van der Waals surface area (Å²) in [5, 5.41) is 8.73. The number of hydrogen-bond acceptors (Lipinski definition) is 4. The summed E-state index contributed by atoms with van der Waals surface area (Å²) in [6, 6.07) is 0. The zero-order chi connectivity index (χ0) is 18.0. The van der Waals surface area contributed by atoms with Gasteiger partial charge in [-0.2, -0.15) is 18.3 Å². The molecule has 0 radical (unpaired) electrons. The van der Waals surface area contributed by atoms with Crippen LogP contribution in [0.5, 0.6) is 0 Å². The lowest BCUT2D eigenvalue weighted by atomic mass is 10.0. The van der Waals surface area contributed by atoms with Crippen LogP contribution in [0, 0.1) is 0 Å². The number of guanidine groups is 1. The number of aliphatic imine (C=N–C) groups is 1. The molecule has 1 fully saturated rings. The first-order valence-corrected chi connectivity index (χ1v) is 8.70. The number of nitrogens with one attached hydrogen (secondary N) is 1. The molecule has 0 bridgehead atoms. The SMILES string of the molecule is CN=C(NCc1nc(C(F)(F)F)cs1)N1CCC(c2cnn(C)c2)C1.I. The fourth-order valence-corrected chi connectivity index (χ4v) is 3.63. The topological polar surface area (TPSA) is 58.3 Å². The van der Waals surface area contributed by atoms with Gasteiger partial charge in [0.1, 0.15) is 5.01 Å². The van der Waals surface area contributed by atoms with Crippen LogP contribution >= 0.6 is 35.3 Å². The van der Waals surface area contributed by atoms with E-state index in [1.165, 1.54) is 5.56 Å². The molecule has 6 nitrogen and oxygen atoms in total. The first-order valence-electron chi connectivity index (χ1n) is 7.82. The highest BCUT2D eigenvalue weighted by Gasteiger charge is 2.33. The van der Waals surface area contributed by atoms with E-state index in [0.717, 1.165) is 36.2 Å². The van der Waals surface area contributed by atoms with E-state index >= 15 is 0 Å². The highest BCUT2D eigenvalue weighted by Crippen LogP contribution is 2.30. The van der Waals surface area contributed by atoms with Crippen molar-refractivity contribution in [3.63, 3.8) is 0 Å². The van der Waals surface area contributed by atoms with Crippen molar-refractivity contribution >= 4 is 41.3 Å². The van der Waals surface area contributed by atoms with Crippen molar-refractivity contribution < 1.29 is 13.2 Å². The summed E-state index contributed by atoms with van der Waals surface area (Å²) >= 11 is 0.993. The molecular weight excluding hydrogens is 480 g/mol. The maximum absolute atomic E-state index is 12.6. The molecule has 0 aliphatic carbocycles. The van der Waals surface area contributed by atoms with Crippen molar-refractivity contribution in [1.29, 1.82) is 0 Å². The molecule has 0 spiro atoms. The van der Waals surface area contributed by atoms with Crippen LogP contribution < -0.4 is 5.32 Å². The smallest absolute Gasteiger partial charge is 0.350 e. The Kier molecular flexibility index (Phi) is 6.88. The zero-order valence-electron chi connectivity index (χ0n) is 14.3. The fourth-order valence-electron chi connectivity index (χ4n) is 2.88. The van der Waals surface area contributed by atoms with Gasteiger partial charge in [-0.25, -0.2) is 4.98 Å². The van der Waals surface area contributed by atoms with E-state index < -0.39 is 11.9 Å². The zero-order valence-corrected chi connectivity index (χ0v) is 17.5. The van der Waals surface area contributed by atoms with E-state index in [1.807, 2.05) is 19.4 Å². The number of nitrogens with zero attached hydrogens (tertiary/aromatic N) is 5. The van der Waals surface area contributed by atoms with Crippen molar-refractivity contribution in [3.8, 4) is 0 Å². The quantitative estimate of drug-likeness (QED) is 0.400. The molecule has 2 aromatic rings. The summed E-state index contributed by atoms with van der Waals surface area (Å²) in [6.07, 6.45) is 0.474. The molecule has 1 saturated heterocycles. The van der Waals surface area contributed by atoms with Crippen LogP contribution in [0.1, 0.15) is 28.6 Å². The number of likely N-dealkylation sites (tertiary alicyclic amines) is 1. The van der Waals surface area contributed by atoms with Crippen LogP contribution in [0.2, 0.25) is 0 Å².